The minimum atomic E-state index is -1.97. The number of esters is 1. The van der Waals surface area contributed by atoms with Gasteiger partial charge >= 0.3 is 5.97 Å². The van der Waals surface area contributed by atoms with Crippen molar-refractivity contribution in [1.29, 1.82) is 0 Å². The van der Waals surface area contributed by atoms with Crippen LogP contribution in [-0.4, -0.2) is 56.2 Å². The Balaban J connectivity index is 2.74. The summed E-state index contributed by atoms with van der Waals surface area (Å²) in [5.41, 5.74) is 0. The number of ether oxygens (including phenoxy) is 3. The van der Waals surface area contributed by atoms with Gasteiger partial charge in [0.2, 0.25) is 0 Å². The lowest BCUT2D eigenvalue weighted by Crippen LogP contribution is -2.43. The van der Waals surface area contributed by atoms with Gasteiger partial charge in [0, 0.05) is 12.5 Å². The molecule has 1 N–H and O–H groups in total. The maximum atomic E-state index is 11.5. The van der Waals surface area contributed by atoms with Gasteiger partial charge in [0.1, 0.15) is 0 Å². The predicted molar refractivity (Wildman–Crippen MR) is 177 cm³/mol. The van der Waals surface area contributed by atoms with Crippen molar-refractivity contribution in [2.24, 2.45) is 0 Å². The summed E-state index contributed by atoms with van der Waals surface area (Å²) in [7, 11) is -1.97. The number of aliphatic hydroxyl groups is 1. The number of aliphatic hydroxyl groups excluding tert-OH is 1. The molecule has 0 radical (unpaired) electrons. The Labute approximate surface area is 257 Å². The van der Waals surface area contributed by atoms with E-state index >= 15 is 0 Å². The Hall–Kier alpha value is -2.03. The van der Waals surface area contributed by atoms with Gasteiger partial charge in [0.25, 0.3) is 0 Å². The molecule has 0 aromatic carbocycles. The molecule has 42 heavy (non-hydrogen) atoms. The minimum absolute atomic E-state index is 0.00293. The highest BCUT2D eigenvalue weighted by molar-refractivity contribution is 6.74. The SMILES string of the molecule is CCOC(=O)/C=C\C=C\C[C@@H](/C=C/C=C\C[C@H]1C[C@H](/C=C/C=C/CCC[C@@H](C)O)OC(C)(C)O1)O[Si](C)(C)C(C)(C)C. The Morgan fingerprint density at radius 1 is 1.05 bits per heavy atom. The summed E-state index contributed by atoms with van der Waals surface area (Å²) < 4.78 is 23.9. The van der Waals surface area contributed by atoms with Gasteiger partial charge in [-0.1, -0.05) is 87.6 Å². The molecule has 0 aliphatic carbocycles. The highest BCUT2D eigenvalue weighted by Crippen LogP contribution is 2.38. The van der Waals surface area contributed by atoms with Crippen molar-refractivity contribution in [3.8, 4) is 0 Å². The summed E-state index contributed by atoms with van der Waals surface area (Å²) in [5, 5.41) is 9.47. The second-order valence-electron chi connectivity index (χ2n) is 12.9. The standard InChI is InChI=1S/C35H58O6Si/c1-10-38-33(37)27-21-15-19-24-30(41-42(8,9)34(3,4)5)23-18-14-20-26-32-28-31(39-35(6,7)40-32)25-17-13-11-12-16-22-29(2)36/h11,13-15,17-21,23,25,27,29-32,36H,10,12,16,22,24,26,28H2,1-9H3/b13-11+,19-15+,20-14-,23-18+,25-17+,27-21-/t29-,30-,31+,32+/m1/s1. The molecule has 1 aliphatic rings. The zero-order valence-electron chi connectivity index (χ0n) is 27.7. The van der Waals surface area contributed by atoms with Crippen molar-refractivity contribution in [3.63, 3.8) is 0 Å². The Morgan fingerprint density at radius 2 is 1.74 bits per heavy atom. The highest BCUT2D eigenvalue weighted by atomic mass is 28.4. The molecular formula is C35H58O6Si. The molecule has 6 nitrogen and oxygen atoms in total. The predicted octanol–water partition coefficient (Wildman–Crippen LogP) is 8.52. The number of carbonyl (C=O) groups excluding carboxylic acids is 1. The zero-order valence-corrected chi connectivity index (χ0v) is 28.7. The van der Waals surface area contributed by atoms with Crippen molar-refractivity contribution in [2.75, 3.05) is 6.61 Å². The molecule has 0 aromatic heterocycles. The molecule has 0 spiro atoms. The molecule has 0 saturated carbocycles. The molecule has 1 aliphatic heterocycles. The average molecular weight is 603 g/mol. The van der Waals surface area contributed by atoms with Crippen LogP contribution in [0.1, 0.15) is 87.0 Å². The molecule has 1 fully saturated rings. The molecule has 0 bridgehead atoms. The Morgan fingerprint density at radius 3 is 2.40 bits per heavy atom. The van der Waals surface area contributed by atoms with Crippen LogP contribution in [0.3, 0.4) is 0 Å². The van der Waals surface area contributed by atoms with E-state index in [0.29, 0.717) is 13.0 Å². The molecule has 0 unspecified atom stereocenters. The first-order valence-corrected chi connectivity index (χ1v) is 18.4. The van der Waals surface area contributed by atoms with E-state index < -0.39 is 14.1 Å². The minimum Gasteiger partial charge on any atom is -0.463 e. The van der Waals surface area contributed by atoms with Crippen LogP contribution >= 0.6 is 0 Å². The second kappa shape index (κ2) is 19.3. The second-order valence-corrected chi connectivity index (χ2v) is 17.6. The average Bonchev–Trinajstić information content (AvgIpc) is 2.85. The van der Waals surface area contributed by atoms with Crippen molar-refractivity contribution < 1.29 is 28.5 Å². The van der Waals surface area contributed by atoms with E-state index in [2.05, 4.69) is 76.4 Å². The lowest BCUT2D eigenvalue weighted by molar-refractivity contribution is -0.289. The fourth-order valence-corrected chi connectivity index (χ4v) is 5.42. The molecule has 238 valence electrons. The smallest absolute Gasteiger partial charge is 0.330 e. The van der Waals surface area contributed by atoms with E-state index in [4.69, 9.17) is 18.6 Å². The molecule has 1 rings (SSSR count). The quantitative estimate of drug-likeness (QED) is 0.0591. The van der Waals surface area contributed by atoms with Gasteiger partial charge in [-0.3, -0.25) is 0 Å². The largest absolute Gasteiger partial charge is 0.463 e. The third-order valence-electron chi connectivity index (χ3n) is 7.31. The van der Waals surface area contributed by atoms with Crippen LogP contribution in [0.5, 0.6) is 0 Å². The summed E-state index contributed by atoms with van der Waals surface area (Å²) in [6, 6.07) is 0. The van der Waals surface area contributed by atoms with Crippen LogP contribution in [0.4, 0.5) is 0 Å². The number of hydrogen-bond acceptors (Lipinski definition) is 6. The summed E-state index contributed by atoms with van der Waals surface area (Å²) in [4.78, 5) is 11.5. The number of unbranched alkanes of at least 4 members (excludes halogenated alkanes) is 1. The number of rotatable bonds is 17. The summed E-state index contributed by atoms with van der Waals surface area (Å²) in [6.07, 6.45) is 28.6. The van der Waals surface area contributed by atoms with Crippen LogP contribution in [-0.2, 0) is 23.4 Å². The zero-order chi connectivity index (χ0) is 31.7. The first kappa shape index (κ1) is 38.0. The molecule has 4 atom stereocenters. The topological polar surface area (TPSA) is 74.2 Å². The number of allylic oxidation sites excluding steroid dienone is 7. The molecule has 0 aromatic rings. The number of carbonyl (C=O) groups is 1. The van der Waals surface area contributed by atoms with E-state index in [9.17, 15) is 9.90 Å². The van der Waals surface area contributed by atoms with Crippen LogP contribution in [0.15, 0.2) is 72.9 Å². The van der Waals surface area contributed by atoms with Gasteiger partial charge in [0.15, 0.2) is 14.1 Å². The third-order valence-corrected chi connectivity index (χ3v) is 11.8. The summed E-state index contributed by atoms with van der Waals surface area (Å²) in [6.45, 7) is 19.2. The van der Waals surface area contributed by atoms with Crippen molar-refractivity contribution in [2.45, 2.75) is 135 Å². The van der Waals surface area contributed by atoms with E-state index in [1.807, 2.05) is 39.0 Å². The molecular weight excluding hydrogens is 544 g/mol. The van der Waals surface area contributed by atoms with E-state index in [-0.39, 0.29) is 35.4 Å². The van der Waals surface area contributed by atoms with Crippen LogP contribution in [0.25, 0.3) is 0 Å². The van der Waals surface area contributed by atoms with E-state index in [1.165, 1.54) is 6.08 Å². The highest BCUT2D eigenvalue weighted by Gasteiger charge is 2.38. The van der Waals surface area contributed by atoms with Crippen molar-refractivity contribution in [1.82, 2.24) is 0 Å². The monoisotopic (exact) mass is 602 g/mol. The lowest BCUT2D eigenvalue weighted by Gasteiger charge is -2.39. The van der Waals surface area contributed by atoms with Crippen LogP contribution in [0.2, 0.25) is 18.1 Å². The lowest BCUT2D eigenvalue weighted by atomic mass is 10.0. The van der Waals surface area contributed by atoms with Gasteiger partial charge in [0.05, 0.1) is 31.0 Å². The fourth-order valence-electron chi connectivity index (χ4n) is 4.14. The van der Waals surface area contributed by atoms with Gasteiger partial charge in [-0.25, -0.2) is 4.79 Å². The van der Waals surface area contributed by atoms with Gasteiger partial charge in [-0.15, -0.1) is 0 Å². The normalized spacial score (nSPS) is 22.0. The molecule has 1 saturated heterocycles. The molecule has 7 heteroatoms. The first-order valence-electron chi connectivity index (χ1n) is 15.5. The summed E-state index contributed by atoms with van der Waals surface area (Å²) in [5.74, 6) is -0.976. The maximum absolute atomic E-state index is 11.5. The van der Waals surface area contributed by atoms with Crippen LogP contribution < -0.4 is 0 Å². The maximum Gasteiger partial charge on any atom is 0.330 e. The van der Waals surface area contributed by atoms with E-state index in [1.54, 1.807) is 13.0 Å². The summed E-state index contributed by atoms with van der Waals surface area (Å²) >= 11 is 0. The van der Waals surface area contributed by atoms with Crippen molar-refractivity contribution >= 4 is 14.3 Å². The number of hydrogen-bond donors (Lipinski definition) is 1. The third kappa shape index (κ3) is 17.2. The van der Waals surface area contributed by atoms with E-state index in [0.717, 1.165) is 32.1 Å². The first-order chi connectivity index (χ1) is 19.6. The van der Waals surface area contributed by atoms with Crippen LogP contribution in [0, 0.1) is 0 Å². The Bertz CT molecular complexity index is 949. The Kier molecular flexibility index (Phi) is 17.4. The van der Waals surface area contributed by atoms with Gasteiger partial charge < -0.3 is 23.7 Å². The molecule has 1 heterocycles. The van der Waals surface area contributed by atoms with Crippen molar-refractivity contribution in [3.05, 3.63) is 72.9 Å². The van der Waals surface area contributed by atoms with Gasteiger partial charge in [-0.2, -0.15) is 0 Å². The van der Waals surface area contributed by atoms with Gasteiger partial charge in [-0.05, 0) is 77.9 Å². The molecule has 0 amide bonds. The fraction of sp³-hybridized carbons (Fsp3) is 0.629.